The van der Waals surface area contributed by atoms with Crippen molar-refractivity contribution in [2.24, 2.45) is 16.9 Å². The van der Waals surface area contributed by atoms with Gasteiger partial charge in [0.25, 0.3) is 0 Å². The van der Waals surface area contributed by atoms with Crippen LogP contribution in [0.1, 0.15) is 13.8 Å². The number of hydrogen-bond acceptors (Lipinski definition) is 2. The average Bonchev–Trinajstić information content (AvgIpc) is 1.94. The summed E-state index contributed by atoms with van der Waals surface area (Å²) in [6.45, 7) is 3.94. The van der Waals surface area contributed by atoms with Gasteiger partial charge in [0.2, 0.25) is 0 Å². The van der Waals surface area contributed by atoms with Gasteiger partial charge in [-0.3, -0.25) is 0 Å². The van der Waals surface area contributed by atoms with Gasteiger partial charge in [-0.25, -0.2) is 0 Å². The van der Waals surface area contributed by atoms with Crippen LogP contribution in [0.3, 0.4) is 0 Å². The zero-order valence-corrected chi connectivity index (χ0v) is 6.18. The molecule has 52 valence electrons. The summed E-state index contributed by atoms with van der Waals surface area (Å²) in [7, 11) is 0. The van der Waals surface area contributed by atoms with E-state index in [0.717, 1.165) is 11.3 Å². The van der Waals surface area contributed by atoms with Crippen molar-refractivity contribution >= 4 is 5.71 Å². The number of hydrazone groups is 1. The molecule has 1 unspecified atom stereocenters. The predicted octanol–water partition coefficient (Wildman–Crippen LogP) is 0.901. The maximum absolute atomic E-state index is 5.13. The molecule has 0 fully saturated rings. The first kappa shape index (κ1) is 6.88. The van der Waals surface area contributed by atoms with E-state index in [0.29, 0.717) is 0 Å². The van der Waals surface area contributed by atoms with Crippen LogP contribution >= 0.6 is 0 Å². The van der Waals surface area contributed by atoms with Crippen LogP contribution in [0.4, 0.5) is 0 Å². The lowest BCUT2D eigenvalue weighted by molar-refractivity contribution is 1.01. The molecule has 0 spiro atoms. The first-order valence-electron chi connectivity index (χ1n) is 3.21. The Bertz CT molecular complexity index is 250. The van der Waals surface area contributed by atoms with Crippen LogP contribution in [0, 0.1) is 17.8 Å². The third-order valence-corrected chi connectivity index (χ3v) is 1.44. The molecule has 0 amide bonds. The maximum atomic E-state index is 5.13. The summed E-state index contributed by atoms with van der Waals surface area (Å²) in [5.41, 5.74) is 1.90. The molecule has 2 N–H and O–H groups in total. The maximum Gasteiger partial charge on any atom is 0.0756 e. The fourth-order valence-corrected chi connectivity index (χ4v) is 0.828. The standard InChI is InChI=1S/C8H10N2/c1-6-3-4-7(2)8(5-6)10-9/h5,7H,9H2,1-2H3/b10-8+. The van der Waals surface area contributed by atoms with Crippen LogP contribution in [0.25, 0.3) is 0 Å². The highest BCUT2D eigenvalue weighted by Gasteiger charge is 2.07. The Hall–Kier alpha value is -1.23. The molecule has 0 radical (unpaired) electrons. The molecule has 0 bridgehead atoms. The van der Waals surface area contributed by atoms with Gasteiger partial charge in [-0.1, -0.05) is 11.8 Å². The molecule has 1 aliphatic carbocycles. The lowest BCUT2D eigenvalue weighted by Crippen LogP contribution is -2.11. The predicted molar refractivity (Wildman–Crippen MR) is 42.3 cm³/mol. The lowest BCUT2D eigenvalue weighted by atomic mass is 10.00. The van der Waals surface area contributed by atoms with E-state index in [1.54, 1.807) is 0 Å². The zero-order valence-electron chi connectivity index (χ0n) is 6.18. The minimum atomic E-state index is 0.189. The van der Waals surface area contributed by atoms with Crippen LogP contribution in [-0.4, -0.2) is 5.71 Å². The van der Waals surface area contributed by atoms with Crippen LogP contribution < -0.4 is 5.84 Å². The second-order valence-electron chi connectivity index (χ2n) is 2.37. The highest BCUT2D eigenvalue weighted by atomic mass is 15.1. The largest absolute Gasteiger partial charge is 0.323 e. The Balaban J connectivity index is 2.95. The molecule has 0 saturated heterocycles. The molecule has 0 saturated carbocycles. The van der Waals surface area contributed by atoms with E-state index < -0.39 is 0 Å². The Morgan fingerprint density at radius 2 is 2.40 bits per heavy atom. The molecule has 0 aromatic carbocycles. The molecule has 1 aliphatic rings. The highest BCUT2D eigenvalue weighted by Crippen LogP contribution is 2.06. The number of hydrogen-bond donors (Lipinski definition) is 1. The third-order valence-electron chi connectivity index (χ3n) is 1.44. The number of nitrogens with zero attached hydrogens (tertiary/aromatic N) is 1. The molecular weight excluding hydrogens is 124 g/mol. The number of allylic oxidation sites excluding steroid dienone is 2. The van der Waals surface area contributed by atoms with Crippen LogP contribution in [-0.2, 0) is 0 Å². The second kappa shape index (κ2) is 2.57. The summed E-state index contributed by atoms with van der Waals surface area (Å²) in [6.07, 6.45) is 1.92. The van der Waals surface area contributed by atoms with Crippen LogP contribution in [0.5, 0.6) is 0 Å². The van der Waals surface area contributed by atoms with Crippen molar-refractivity contribution in [2.45, 2.75) is 13.8 Å². The van der Waals surface area contributed by atoms with Crippen molar-refractivity contribution < 1.29 is 0 Å². The Labute approximate surface area is 60.8 Å². The first-order valence-corrected chi connectivity index (χ1v) is 3.21. The minimum Gasteiger partial charge on any atom is -0.323 e. The summed E-state index contributed by atoms with van der Waals surface area (Å²) in [4.78, 5) is 0. The average molecular weight is 134 g/mol. The fourth-order valence-electron chi connectivity index (χ4n) is 0.828. The van der Waals surface area contributed by atoms with E-state index in [9.17, 15) is 0 Å². The van der Waals surface area contributed by atoms with Crippen molar-refractivity contribution in [3.8, 4) is 11.8 Å². The molecule has 1 atom stereocenters. The third kappa shape index (κ3) is 1.19. The van der Waals surface area contributed by atoms with E-state index in [4.69, 9.17) is 5.84 Å². The van der Waals surface area contributed by atoms with Crippen molar-refractivity contribution in [2.75, 3.05) is 0 Å². The van der Waals surface area contributed by atoms with E-state index in [1.165, 1.54) is 0 Å². The Morgan fingerprint density at radius 1 is 1.70 bits per heavy atom. The summed E-state index contributed by atoms with van der Waals surface area (Å²) < 4.78 is 0. The second-order valence-corrected chi connectivity index (χ2v) is 2.37. The van der Waals surface area contributed by atoms with Gasteiger partial charge >= 0.3 is 0 Å². The zero-order chi connectivity index (χ0) is 7.56. The van der Waals surface area contributed by atoms with Gasteiger partial charge in [0.15, 0.2) is 0 Å². The SMILES string of the molecule is CC1=C/C(=N\N)C(C)C#C1. The summed E-state index contributed by atoms with van der Waals surface area (Å²) in [5.74, 6) is 11.3. The van der Waals surface area contributed by atoms with Gasteiger partial charge < -0.3 is 5.84 Å². The number of nitrogens with two attached hydrogens (primary N) is 1. The van der Waals surface area contributed by atoms with Gasteiger partial charge in [-0.15, -0.1) is 0 Å². The summed E-state index contributed by atoms with van der Waals surface area (Å²) in [6, 6.07) is 0. The molecule has 0 aromatic rings. The first-order chi connectivity index (χ1) is 4.74. The van der Waals surface area contributed by atoms with Crippen LogP contribution in [0.2, 0.25) is 0 Å². The smallest absolute Gasteiger partial charge is 0.0756 e. The molecule has 0 aliphatic heterocycles. The lowest BCUT2D eigenvalue weighted by Gasteiger charge is -2.06. The molecule has 0 heterocycles. The van der Waals surface area contributed by atoms with Crippen molar-refractivity contribution in [1.82, 2.24) is 0 Å². The molecular formula is C8H10N2. The van der Waals surface area contributed by atoms with E-state index in [-0.39, 0.29) is 5.92 Å². The Morgan fingerprint density at radius 3 is 2.90 bits per heavy atom. The van der Waals surface area contributed by atoms with Gasteiger partial charge in [0.05, 0.1) is 11.6 Å². The minimum absolute atomic E-state index is 0.189. The molecule has 0 aromatic heterocycles. The molecule has 2 nitrogen and oxygen atoms in total. The molecule has 10 heavy (non-hydrogen) atoms. The monoisotopic (exact) mass is 134 g/mol. The van der Waals surface area contributed by atoms with Gasteiger partial charge in [0.1, 0.15) is 0 Å². The van der Waals surface area contributed by atoms with E-state index in [2.05, 4.69) is 16.9 Å². The number of rotatable bonds is 0. The van der Waals surface area contributed by atoms with E-state index in [1.807, 2.05) is 19.9 Å². The van der Waals surface area contributed by atoms with Gasteiger partial charge in [-0.05, 0) is 19.9 Å². The normalized spacial score (nSPS) is 27.2. The van der Waals surface area contributed by atoms with E-state index >= 15 is 0 Å². The van der Waals surface area contributed by atoms with Crippen molar-refractivity contribution in [3.63, 3.8) is 0 Å². The van der Waals surface area contributed by atoms with Crippen molar-refractivity contribution in [3.05, 3.63) is 11.6 Å². The Kier molecular flexibility index (Phi) is 1.77. The summed E-state index contributed by atoms with van der Waals surface area (Å²) >= 11 is 0. The summed E-state index contributed by atoms with van der Waals surface area (Å²) in [5, 5.41) is 3.62. The fraction of sp³-hybridized carbons (Fsp3) is 0.375. The van der Waals surface area contributed by atoms with Crippen LogP contribution in [0.15, 0.2) is 16.8 Å². The molecule has 1 rings (SSSR count). The quantitative estimate of drug-likeness (QED) is 0.298. The highest BCUT2D eigenvalue weighted by molar-refractivity contribution is 6.00. The van der Waals surface area contributed by atoms with Gasteiger partial charge in [0, 0.05) is 5.57 Å². The van der Waals surface area contributed by atoms with Gasteiger partial charge in [-0.2, -0.15) is 5.10 Å². The molecule has 2 heteroatoms. The van der Waals surface area contributed by atoms with Crippen molar-refractivity contribution in [1.29, 1.82) is 0 Å². The topological polar surface area (TPSA) is 38.4 Å².